The van der Waals surface area contributed by atoms with Crippen molar-refractivity contribution in [3.63, 3.8) is 0 Å². The monoisotopic (exact) mass is 352 g/mol. The smallest absolute Gasteiger partial charge is 0.164 e. The lowest BCUT2D eigenvalue weighted by molar-refractivity contribution is -0.915. The summed E-state index contributed by atoms with van der Waals surface area (Å²) in [7, 11) is 4.50. The summed E-state index contributed by atoms with van der Waals surface area (Å²) in [4.78, 5) is 0. The predicted molar refractivity (Wildman–Crippen MR) is 108 cm³/mol. The molecule has 1 aromatic rings. The number of hydrogen-bond acceptors (Lipinski definition) is 0. The van der Waals surface area contributed by atoms with Gasteiger partial charge in [-0.2, -0.15) is 0 Å². The quantitative estimate of drug-likeness (QED) is 0.144. The molecule has 138 valence electrons. The van der Waals surface area contributed by atoms with E-state index in [1.165, 1.54) is 69.8 Å². The van der Waals surface area contributed by atoms with Crippen LogP contribution in [-0.4, -0.2) is 24.1 Å². The molecule has 0 spiro atoms. The molecule has 1 aromatic carbocycles. The summed E-state index contributed by atoms with van der Waals surface area (Å²) < 4.78 is 0.864. The third kappa shape index (κ3) is 9.69. The fourth-order valence-corrected chi connectivity index (χ4v) is 3.53. The zero-order chi connectivity index (χ0) is 17.7. The molecular weight excluding hydrogens is 314 g/mol. The van der Waals surface area contributed by atoms with Crippen LogP contribution >= 0.6 is 11.6 Å². The minimum absolute atomic E-state index is 0.208. The fourth-order valence-electron chi connectivity index (χ4n) is 3.30. The SMILES string of the molecule is CCCCCCCCCCCCC(Cl)[N+](C)(C)Cc1ccccc1. The molecule has 0 heterocycles. The van der Waals surface area contributed by atoms with Crippen LogP contribution in [0.15, 0.2) is 30.3 Å². The first-order valence-corrected chi connectivity index (χ1v) is 10.5. The van der Waals surface area contributed by atoms with Crippen LogP contribution < -0.4 is 0 Å². The maximum Gasteiger partial charge on any atom is 0.164 e. The van der Waals surface area contributed by atoms with E-state index in [-0.39, 0.29) is 5.50 Å². The summed E-state index contributed by atoms with van der Waals surface area (Å²) in [5.74, 6) is 0. The van der Waals surface area contributed by atoms with Crippen molar-refractivity contribution in [2.45, 2.75) is 89.6 Å². The second kappa shape index (κ2) is 12.8. The average molecular weight is 353 g/mol. The summed E-state index contributed by atoms with van der Waals surface area (Å²) in [6, 6.07) is 10.7. The molecule has 0 saturated heterocycles. The van der Waals surface area contributed by atoms with E-state index in [0.717, 1.165) is 17.4 Å². The van der Waals surface area contributed by atoms with Crippen LogP contribution in [0.2, 0.25) is 0 Å². The summed E-state index contributed by atoms with van der Waals surface area (Å²) in [6.07, 6.45) is 15.0. The van der Waals surface area contributed by atoms with Crippen molar-refractivity contribution >= 4 is 11.6 Å². The van der Waals surface area contributed by atoms with Gasteiger partial charge in [0.15, 0.2) is 5.50 Å². The van der Waals surface area contributed by atoms with Crippen LogP contribution in [0.1, 0.15) is 83.1 Å². The Hall–Kier alpha value is -0.530. The van der Waals surface area contributed by atoms with E-state index >= 15 is 0 Å². The summed E-state index contributed by atoms with van der Waals surface area (Å²) in [5, 5.41) is 0. The van der Waals surface area contributed by atoms with E-state index < -0.39 is 0 Å². The maximum absolute atomic E-state index is 6.71. The van der Waals surface area contributed by atoms with Crippen LogP contribution in [-0.2, 0) is 6.54 Å². The molecule has 1 unspecified atom stereocenters. The van der Waals surface area contributed by atoms with Gasteiger partial charge in [0.05, 0.1) is 14.1 Å². The molecule has 0 fully saturated rings. The summed E-state index contributed by atoms with van der Waals surface area (Å²) >= 11 is 6.71. The molecule has 24 heavy (non-hydrogen) atoms. The van der Waals surface area contributed by atoms with Gasteiger partial charge >= 0.3 is 0 Å². The number of alkyl halides is 1. The number of unbranched alkanes of at least 4 members (excludes halogenated alkanes) is 9. The van der Waals surface area contributed by atoms with E-state index in [2.05, 4.69) is 51.4 Å². The van der Waals surface area contributed by atoms with Gasteiger partial charge in [-0.05, 0) is 6.42 Å². The molecular formula is C22H39ClN+. The average Bonchev–Trinajstić information content (AvgIpc) is 2.57. The summed E-state index contributed by atoms with van der Waals surface area (Å²) in [5.41, 5.74) is 1.58. The molecule has 0 N–H and O–H groups in total. The van der Waals surface area contributed by atoms with E-state index in [1.54, 1.807) is 0 Å². The third-order valence-electron chi connectivity index (χ3n) is 4.99. The normalized spacial score (nSPS) is 13.2. The Morgan fingerprint density at radius 1 is 0.792 bits per heavy atom. The van der Waals surface area contributed by atoms with Crippen LogP contribution in [0.3, 0.4) is 0 Å². The van der Waals surface area contributed by atoms with Gasteiger partial charge in [-0.15, -0.1) is 0 Å². The maximum atomic E-state index is 6.71. The van der Waals surface area contributed by atoms with Crippen molar-refractivity contribution < 1.29 is 4.48 Å². The highest BCUT2D eigenvalue weighted by Crippen LogP contribution is 2.22. The van der Waals surface area contributed by atoms with Crippen molar-refractivity contribution in [1.29, 1.82) is 0 Å². The minimum Gasteiger partial charge on any atom is -0.310 e. The van der Waals surface area contributed by atoms with Crippen LogP contribution in [0, 0.1) is 0 Å². The standard InChI is InChI=1S/C22H39ClN/c1-4-5-6-7-8-9-10-11-12-16-19-22(23)24(2,3)20-21-17-14-13-15-18-21/h13-15,17-18,22H,4-12,16,19-20H2,1-3H3/q+1. The molecule has 0 aromatic heterocycles. The van der Waals surface area contributed by atoms with Gasteiger partial charge in [-0.3, -0.25) is 0 Å². The van der Waals surface area contributed by atoms with E-state index in [9.17, 15) is 0 Å². The Morgan fingerprint density at radius 3 is 1.83 bits per heavy atom. The lowest BCUT2D eigenvalue weighted by Crippen LogP contribution is -2.45. The zero-order valence-corrected chi connectivity index (χ0v) is 17.0. The highest BCUT2D eigenvalue weighted by molar-refractivity contribution is 6.19. The number of rotatable bonds is 14. The van der Waals surface area contributed by atoms with Gasteiger partial charge in [-0.25, -0.2) is 0 Å². The first kappa shape index (κ1) is 21.5. The highest BCUT2D eigenvalue weighted by Gasteiger charge is 2.25. The van der Waals surface area contributed by atoms with Crippen molar-refractivity contribution in [3.8, 4) is 0 Å². The first-order valence-electron chi connectivity index (χ1n) is 10.1. The molecule has 0 aliphatic carbocycles. The largest absolute Gasteiger partial charge is 0.310 e. The highest BCUT2D eigenvalue weighted by atomic mass is 35.5. The number of nitrogens with zero attached hydrogens (tertiary/aromatic N) is 1. The predicted octanol–water partition coefficient (Wildman–Crippen LogP) is 7.14. The van der Waals surface area contributed by atoms with Gasteiger partial charge in [0, 0.05) is 12.0 Å². The lowest BCUT2D eigenvalue weighted by Gasteiger charge is -2.34. The second-order valence-corrected chi connectivity index (χ2v) is 8.33. The van der Waals surface area contributed by atoms with E-state index in [0.29, 0.717) is 0 Å². The molecule has 0 amide bonds. The van der Waals surface area contributed by atoms with E-state index in [4.69, 9.17) is 11.6 Å². The number of hydrogen-bond donors (Lipinski definition) is 0. The van der Waals surface area contributed by atoms with Crippen molar-refractivity contribution in [1.82, 2.24) is 0 Å². The zero-order valence-electron chi connectivity index (χ0n) is 16.3. The molecule has 1 rings (SSSR count). The Morgan fingerprint density at radius 2 is 1.29 bits per heavy atom. The molecule has 0 aliphatic heterocycles. The Balaban J connectivity index is 2.07. The Labute approximate surface area is 156 Å². The van der Waals surface area contributed by atoms with Crippen molar-refractivity contribution in [3.05, 3.63) is 35.9 Å². The van der Waals surface area contributed by atoms with E-state index in [1.807, 2.05) is 0 Å². The first-order chi connectivity index (χ1) is 11.6. The topological polar surface area (TPSA) is 0 Å². The molecule has 0 saturated carbocycles. The van der Waals surface area contributed by atoms with Crippen molar-refractivity contribution in [2.24, 2.45) is 0 Å². The second-order valence-electron chi connectivity index (χ2n) is 7.83. The van der Waals surface area contributed by atoms with Crippen molar-refractivity contribution in [2.75, 3.05) is 14.1 Å². The van der Waals surface area contributed by atoms with Crippen LogP contribution in [0.5, 0.6) is 0 Å². The molecule has 0 aliphatic rings. The Kier molecular flexibility index (Phi) is 11.5. The fraction of sp³-hybridized carbons (Fsp3) is 0.727. The van der Waals surface area contributed by atoms with Gasteiger partial charge in [-0.1, -0.05) is 107 Å². The number of quaternary nitrogens is 1. The number of benzene rings is 1. The molecule has 1 atom stereocenters. The lowest BCUT2D eigenvalue weighted by atomic mass is 10.1. The minimum atomic E-state index is 0.208. The van der Waals surface area contributed by atoms with Gasteiger partial charge in [0.2, 0.25) is 0 Å². The molecule has 1 nitrogen and oxygen atoms in total. The van der Waals surface area contributed by atoms with Gasteiger partial charge in [0.25, 0.3) is 0 Å². The molecule has 0 bridgehead atoms. The number of halogens is 1. The molecule has 2 heteroatoms. The Bertz CT molecular complexity index is 402. The van der Waals surface area contributed by atoms with Crippen LogP contribution in [0.25, 0.3) is 0 Å². The van der Waals surface area contributed by atoms with Crippen LogP contribution in [0.4, 0.5) is 0 Å². The van der Waals surface area contributed by atoms with Gasteiger partial charge < -0.3 is 4.48 Å². The van der Waals surface area contributed by atoms with Gasteiger partial charge in [0.1, 0.15) is 6.54 Å². The molecule has 0 radical (unpaired) electrons. The third-order valence-corrected chi connectivity index (χ3v) is 5.73. The summed E-state index contributed by atoms with van der Waals surface area (Å²) in [6.45, 7) is 3.29.